The van der Waals surface area contributed by atoms with Gasteiger partial charge in [-0.3, -0.25) is 9.59 Å². The Hall–Kier alpha value is -3.74. The second kappa shape index (κ2) is 7.94. The molecule has 0 aliphatic heterocycles. The highest BCUT2D eigenvalue weighted by Crippen LogP contribution is 2.30. The highest BCUT2D eigenvalue weighted by atomic mass is 19.1. The summed E-state index contributed by atoms with van der Waals surface area (Å²) in [6.07, 6.45) is 0.122. The second-order valence-electron chi connectivity index (χ2n) is 6.82. The van der Waals surface area contributed by atoms with Crippen molar-refractivity contribution in [2.24, 2.45) is 0 Å². The van der Waals surface area contributed by atoms with Gasteiger partial charge in [-0.1, -0.05) is 36.4 Å². The molecule has 0 saturated heterocycles. The van der Waals surface area contributed by atoms with Crippen molar-refractivity contribution in [3.05, 3.63) is 78.1 Å². The summed E-state index contributed by atoms with van der Waals surface area (Å²) >= 11 is 0. The Morgan fingerprint density at radius 2 is 1.77 bits per heavy atom. The van der Waals surface area contributed by atoms with E-state index >= 15 is 0 Å². The zero-order valence-corrected chi connectivity index (χ0v) is 15.9. The van der Waals surface area contributed by atoms with Crippen molar-refractivity contribution >= 4 is 39.3 Å². The van der Waals surface area contributed by atoms with Crippen LogP contribution >= 0.6 is 0 Å². The molecule has 152 valence electrons. The standard InChI is InChI=1S/C23H17F2NO4/c1-13(23(28)26-22-17(24)7-4-8-18(22)25)30-20(27)11-15-12-29-19-10-9-14-5-2-3-6-16(14)21(15)19/h2-10,12-13H,11H2,1H3,(H,26,28)/t13-/m0/s1. The molecule has 0 aliphatic rings. The molecular weight excluding hydrogens is 392 g/mol. The van der Waals surface area contributed by atoms with Crippen LogP contribution in [0.1, 0.15) is 12.5 Å². The summed E-state index contributed by atoms with van der Waals surface area (Å²) in [5.41, 5.74) is 0.676. The molecule has 1 aromatic heterocycles. The van der Waals surface area contributed by atoms with Crippen molar-refractivity contribution < 1.29 is 27.5 Å². The number of ether oxygens (including phenoxy) is 1. The van der Waals surface area contributed by atoms with Gasteiger partial charge < -0.3 is 14.5 Å². The van der Waals surface area contributed by atoms with E-state index in [1.165, 1.54) is 19.3 Å². The van der Waals surface area contributed by atoms with Gasteiger partial charge in [0.1, 0.15) is 22.9 Å². The molecule has 5 nitrogen and oxygen atoms in total. The van der Waals surface area contributed by atoms with Crippen molar-refractivity contribution in [2.75, 3.05) is 5.32 Å². The fourth-order valence-corrected chi connectivity index (χ4v) is 3.29. The van der Waals surface area contributed by atoms with E-state index in [1.54, 1.807) is 0 Å². The lowest BCUT2D eigenvalue weighted by atomic mass is 10.0. The average molecular weight is 409 g/mol. The Morgan fingerprint density at radius 3 is 2.53 bits per heavy atom. The number of halogens is 2. The summed E-state index contributed by atoms with van der Waals surface area (Å²) in [6.45, 7) is 1.33. The normalized spacial score (nSPS) is 12.1. The SMILES string of the molecule is C[C@H](OC(=O)Cc1coc2ccc3ccccc3c12)C(=O)Nc1c(F)cccc1F. The Kier molecular flexibility index (Phi) is 5.18. The zero-order chi connectivity index (χ0) is 21.3. The third-order valence-electron chi connectivity index (χ3n) is 4.76. The molecule has 0 saturated carbocycles. The molecule has 1 N–H and O–H groups in total. The number of carbonyl (C=O) groups is 2. The number of nitrogens with one attached hydrogen (secondary N) is 1. The molecule has 0 bridgehead atoms. The topological polar surface area (TPSA) is 68.5 Å². The summed E-state index contributed by atoms with van der Waals surface area (Å²) < 4.78 is 38.1. The molecule has 0 aliphatic carbocycles. The Balaban J connectivity index is 1.48. The third-order valence-corrected chi connectivity index (χ3v) is 4.76. The van der Waals surface area contributed by atoms with Gasteiger partial charge in [-0.2, -0.15) is 0 Å². The first-order chi connectivity index (χ1) is 14.4. The predicted octanol–water partition coefficient (Wildman–Crippen LogP) is 4.98. The first-order valence-corrected chi connectivity index (χ1v) is 9.26. The van der Waals surface area contributed by atoms with Gasteiger partial charge >= 0.3 is 5.97 Å². The number of amides is 1. The molecule has 0 spiro atoms. The molecule has 0 fully saturated rings. The van der Waals surface area contributed by atoms with Crippen molar-refractivity contribution in [3.8, 4) is 0 Å². The minimum Gasteiger partial charge on any atom is -0.464 e. The van der Waals surface area contributed by atoms with Gasteiger partial charge in [-0.05, 0) is 35.9 Å². The molecule has 3 aromatic carbocycles. The molecular formula is C23H17F2NO4. The van der Waals surface area contributed by atoms with E-state index in [1.807, 2.05) is 36.4 Å². The van der Waals surface area contributed by atoms with Crippen LogP contribution in [0.2, 0.25) is 0 Å². The molecule has 1 heterocycles. The van der Waals surface area contributed by atoms with Crippen LogP contribution in [0.4, 0.5) is 14.5 Å². The zero-order valence-electron chi connectivity index (χ0n) is 15.9. The molecule has 1 amide bonds. The number of hydrogen-bond acceptors (Lipinski definition) is 4. The van der Waals surface area contributed by atoms with Crippen molar-refractivity contribution in [1.29, 1.82) is 0 Å². The highest BCUT2D eigenvalue weighted by Gasteiger charge is 2.22. The number of carbonyl (C=O) groups excluding carboxylic acids is 2. The Bertz CT molecular complexity index is 1240. The fourth-order valence-electron chi connectivity index (χ4n) is 3.29. The third kappa shape index (κ3) is 3.74. The number of hydrogen-bond donors (Lipinski definition) is 1. The van der Waals surface area contributed by atoms with E-state index in [-0.39, 0.29) is 6.42 Å². The lowest BCUT2D eigenvalue weighted by Gasteiger charge is -2.14. The highest BCUT2D eigenvalue weighted by molar-refractivity contribution is 6.08. The number of benzene rings is 3. The number of anilines is 1. The maximum Gasteiger partial charge on any atom is 0.311 e. The van der Waals surface area contributed by atoms with E-state index in [0.717, 1.165) is 28.3 Å². The van der Waals surface area contributed by atoms with Crippen molar-refractivity contribution in [3.63, 3.8) is 0 Å². The minimum absolute atomic E-state index is 0.118. The summed E-state index contributed by atoms with van der Waals surface area (Å²) in [4.78, 5) is 24.6. The van der Waals surface area contributed by atoms with Gasteiger partial charge in [0.15, 0.2) is 6.10 Å². The van der Waals surface area contributed by atoms with E-state index in [9.17, 15) is 18.4 Å². The summed E-state index contributed by atoms with van der Waals surface area (Å²) in [7, 11) is 0. The predicted molar refractivity (Wildman–Crippen MR) is 108 cm³/mol. The lowest BCUT2D eigenvalue weighted by Crippen LogP contribution is -2.31. The summed E-state index contributed by atoms with van der Waals surface area (Å²) in [5.74, 6) is -3.34. The van der Waals surface area contributed by atoms with Crippen LogP contribution in [-0.2, 0) is 20.7 Å². The Labute approximate surface area is 170 Å². The van der Waals surface area contributed by atoms with Gasteiger partial charge in [0.25, 0.3) is 5.91 Å². The van der Waals surface area contributed by atoms with Crippen LogP contribution in [0.25, 0.3) is 21.7 Å². The number of rotatable bonds is 5. The van der Waals surface area contributed by atoms with E-state index < -0.39 is 35.3 Å². The van der Waals surface area contributed by atoms with Gasteiger partial charge in [0.05, 0.1) is 12.7 Å². The first kappa shape index (κ1) is 19.6. The molecule has 7 heteroatoms. The van der Waals surface area contributed by atoms with Crippen LogP contribution in [0.15, 0.2) is 65.3 Å². The Morgan fingerprint density at radius 1 is 1.03 bits per heavy atom. The minimum atomic E-state index is -1.24. The maximum atomic E-state index is 13.7. The number of esters is 1. The average Bonchev–Trinajstić information content (AvgIpc) is 3.13. The van der Waals surface area contributed by atoms with E-state index in [2.05, 4.69) is 5.32 Å². The van der Waals surface area contributed by atoms with Crippen LogP contribution in [-0.4, -0.2) is 18.0 Å². The molecule has 0 unspecified atom stereocenters. The van der Waals surface area contributed by atoms with Crippen LogP contribution in [0.5, 0.6) is 0 Å². The fraction of sp³-hybridized carbons (Fsp3) is 0.130. The monoisotopic (exact) mass is 409 g/mol. The van der Waals surface area contributed by atoms with Crippen molar-refractivity contribution in [2.45, 2.75) is 19.4 Å². The second-order valence-corrected chi connectivity index (χ2v) is 6.82. The first-order valence-electron chi connectivity index (χ1n) is 9.26. The van der Waals surface area contributed by atoms with Crippen LogP contribution in [0.3, 0.4) is 0 Å². The molecule has 30 heavy (non-hydrogen) atoms. The van der Waals surface area contributed by atoms with Gasteiger partial charge in [-0.15, -0.1) is 0 Å². The van der Waals surface area contributed by atoms with Crippen molar-refractivity contribution in [1.82, 2.24) is 0 Å². The summed E-state index contributed by atoms with van der Waals surface area (Å²) in [5, 5.41) is 4.85. The number of fused-ring (bicyclic) bond motifs is 3. The maximum absolute atomic E-state index is 13.7. The lowest BCUT2D eigenvalue weighted by molar-refractivity contribution is -0.152. The smallest absolute Gasteiger partial charge is 0.311 e. The molecule has 1 atom stereocenters. The van der Waals surface area contributed by atoms with Gasteiger partial charge in [-0.25, -0.2) is 8.78 Å². The van der Waals surface area contributed by atoms with Gasteiger partial charge in [0.2, 0.25) is 0 Å². The van der Waals surface area contributed by atoms with Crippen LogP contribution in [0, 0.1) is 11.6 Å². The summed E-state index contributed by atoms with van der Waals surface area (Å²) in [6, 6.07) is 14.7. The molecule has 0 radical (unpaired) electrons. The quantitative estimate of drug-likeness (QED) is 0.472. The largest absolute Gasteiger partial charge is 0.464 e. The molecule has 4 aromatic rings. The molecule has 4 rings (SSSR count). The number of para-hydroxylation sites is 1. The van der Waals surface area contributed by atoms with Crippen LogP contribution < -0.4 is 5.32 Å². The van der Waals surface area contributed by atoms with E-state index in [0.29, 0.717) is 11.1 Å². The van der Waals surface area contributed by atoms with E-state index in [4.69, 9.17) is 9.15 Å². The van der Waals surface area contributed by atoms with Gasteiger partial charge in [0, 0.05) is 10.9 Å². The number of furan rings is 1.